The Morgan fingerprint density at radius 3 is 2.63 bits per heavy atom. The summed E-state index contributed by atoms with van der Waals surface area (Å²) in [6.07, 6.45) is 6.09. The fraction of sp³-hybridized carbons (Fsp3) is 0.643. The Kier molecular flexibility index (Phi) is 4.14. The molecule has 1 atom stereocenters. The summed E-state index contributed by atoms with van der Waals surface area (Å²) in [5.74, 6) is 0.800. The number of aromatic nitrogens is 2. The zero-order chi connectivity index (χ0) is 13.9. The number of amides is 1. The number of carbonyl (C=O) groups excluding carboxylic acids is 1. The molecule has 1 aromatic rings. The van der Waals surface area contributed by atoms with Gasteiger partial charge in [0.25, 0.3) is 0 Å². The average Bonchev–Trinajstić information content (AvgIpc) is 2.81. The number of carbonyl (C=O) groups is 1. The van der Waals surface area contributed by atoms with Gasteiger partial charge >= 0.3 is 0 Å². The van der Waals surface area contributed by atoms with E-state index < -0.39 is 0 Å². The van der Waals surface area contributed by atoms with E-state index in [2.05, 4.69) is 41.4 Å². The van der Waals surface area contributed by atoms with Crippen LogP contribution >= 0.6 is 0 Å². The second-order valence-electron chi connectivity index (χ2n) is 6.09. The van der Waals surface area contributed by atoms with Gasteiger partial charge in [-0.2, -0.15) is 0 Å². The van der Waals surface area contributed by atoms with Crippen molar-refractivity contribution in [3.63, 3.8) is 0 Å². The highest BCUT2D eigenvalue weighted by atomic mass is 16.1. The summed E-state index contributed by atoms with van der Waals surface area (Å²) in [7, 11) is 0. The van der Waals surface area contributed by atoms with Gasteiger partial charge < -0.3 is 10.6 Å². The summed E-state index contributed by atoms with van der Waals surface area (Å²) in [6, 6.07) is 0.315. The lowest BCUT2D eigenvalue weighted by Gasteiger charge is -2.16. The molecule has 1 fully saturated rings. The van der Waals surface area contributed by atoms with Crippen LogP contribution in [0.1, 0.15) is 45.9 Å². The third kappa shape index (κ3) is 3.99. The van der Waals surface area contributed by atoms with Crippen molar-refractivity contribution in [1.82, 2.24) is 15.3 Å². The van der Waals surface area contributed by atoms with Crippen molar-refractivity contribution >= 4 is 11.6 Å². The van der Waals surface area contributed by atoms with Crippen LogP contribution in [0.5, 0.6) is 0 Å². The highest BCUT2D eigenvalue weighted by molar-refractivity contribution is 5.90. The maximum Gasteiger partial charge on any atom is 0.226 e. The Hall–Kier alpha value is -1.49. The molecule has 1 amide bonds. The molecular formula is C14H22N4O. The second kappa shape index (κ2) is 5.65. The zero-order valence-corrected chi connectivity index (χ0v) is 11.9. The molecule has 1 aromatic heterocycles. The summed E-state index contributed by atoms with van der Waals surface area (Å²) in [6.45, 7) is 7.20. The molecule has 2 rings (SSSR count). The number of anilines is 1. The summed E-state index contributed by atoms with van der Waals surface area (Å²) in [5.41, 5.74) is 0.590. The summed E-state index contributed by atoms with van der Waals surface area (Å²) in [5, 5.41) is 6.15. The van der Waals surface area contributed by atoms with Crippen molar-refractivity contribution < 1.29 is 4.79 Å². The Bertz CT molecular complexity index is 430. The topological polar surface area (TPSA) is 66.9 Å². The Labute approximate surface area is 114 Å². The first-order valence-electron chi connectivity index (χ1n) is 6.81. The van der Waals surface area contributed by atoms with Crippen LogP contribution in [-0.4, -0.2) is 28.5 Å². The number of hydrogen-bond acceptors (Lipinski definition) is 4. The van der Waals surface area contributed by atoms with Crippen LogP contribution in [-0.2, 0) is 10.2 Å². The van der Waals surface area contributed by atoms with Gasteiger partial charge in [0.05, 0.1) is 18.1 Å². The molecule has 5 heteroatoms. The van der Waals surface area contributed by atoms with Crippen molar-refractivity contribution in [2.45, 2.75) is 51.5 Å². The molecule has 0 bridgehead atoms. The smallest absolute Gasteiger partial charge is 0.226 e. The van der Waals surface area contributed by atoms with E-state index in [1.165, 1.54) is 0 Å². The molecule has 1 aliphatic rings. The fourth-order valence-corrected chi connectivity index (χ4v) is 2.15. The third-order valence-electron chi connectivity index (χ3n) is 3.20. The minimum Gasteiger partial charge on any atom is -0.323 e. The van der Waals surface area contributed by atoms with E-state index in [4.69, 9.17) is 0 Å². The maximum absolute atomic E-state index is 11.8. The van der Waals surface area contributed by atoms with Gasteiger partial charge in [0.1, 0.15) is 5.82 Å². The van der Waals surface area contributed by atoms with Crippen molar-refractivity contribution in [3.05, 3.63) is 18.2 Å². The lowest BCUT2D eigenvalue weighted by atomic mass is 9.96. The molecule has 5 nitrogen and oxygen atoms in total. The van der Waals surface area contributed by atoms with Gasteiger partial charge in [0, 0.05) is 17.9 Å². The summed E-state index contributed by atoms with van der Waals surface area (Å²) < 4.78 is 0. The first-order chi connectivity index (χ1) is 8.95. The largest absolute Gasteiger partial charge is 0.323 e. The predicted molar refractivity (Wildman–Crippen MR) is 75.0 cm³/mol. The van der Waals surface area contributed by atoms with Gasteiger partial charge in [-0.15, -0.1) is 0 Å². The molecule has 1 unspecified atom stereocenters. The SMILES string of the molecule is CC(C)(C)c1ncc(NC(=O)CC2CCCN2)cn1. The highest BCUT2D eigenvalue weighted by Crippen LogP contribution is 2.18. The first-order valence-corrected chi connectivity index (χ1v) is 6.81. The van der Waals surface area contributed by atoms with E-state index in [0.717, 1.165) is 25.2 Å². The van der Waals surface area contributed by atoms with Crippen molar-refractivity contribution in [1.29, 1.82) is 0 Å². The molecule has 0 aliphatic carbocycles. The number of nitrogens with one attached hydrogen (secondary N) is 2. The lowest BCUT2D eigenvalue weighted by Crippen LogP contribution is -2.27. The van der Waals surface area contributed by atoms with Crippen LogP contribution in [0, 0.1) is 0 Å². The van der Waals surface area contributed by atoms with Gasteiger partial charge in [-0.05, 0) is 19.4 Å². The van der Waals surface area contributed by atoms with Crippen LogP contribution < -0.4 is 10.6 Å². The second-order valence-corrected chi connectivity index (χ2v) is 6.09. The normalized spacial score (nSPS) is 19.4. The van der Waals surface area contributed by atoms with Gasteiger partial charge in [-0.25, -0.2) is 9.97 Å². The van der Waals surface area contributed by atoms with Crippen LogP contribution in [0.4, 0.5) is 5.69 Å². The van der Waals surface area contributed by atoms with Gasteiger partial charge in [0.15, 0.2) is 0 Å². The lowest BCUT2D eigenvalue weighted by molar-refractivity contribution is -0.116. The molecule has 0 aromatic carbocycles. The Morgan fingerprint density at radius 1 is 1.42 bits per heavy atom. The quantitative estimate of drug-likeness (QED) is 0.872. The van der Waals surface area contributed by atoms with E-state index in [0.29, 0.717) is 18.2 Å². The van der Waals surface area contributed by atoms with E-state index >= 15 is 0 Å². The average molecular weight is 262 g/mol. The van der Waals surface area contributed by atoms with Crippen LogP contribution in [0.15, 0.2) is 12.4 Å². The van der Waals surface area contributed by atoms with Crippen LogP contribution in [0.2, 0.25) is 0 Å². The molecule has 0 spiro atoms. The van der Waals surface area contributed by atoms with Gasteiger partial charge in [0.2, 0.25) is 5.91 Å². The Morgan fingerprint density at radius 2 is 2.11 bits per heavy atom. The van der Waals surface area contributed by atoms with Gasteiger partial charge in [-0.1, -0.05) is 20.8 Å². The van der Waals surface area contributed by atoms with Gasteiger partial charge in [-0.3, -0.25) is 4.79 Å². The van der Waals surface area contributed by atoms with E-state index in [9.17, 15) is 4.79 Å². The van der Waals surface area contributed by atoms with Crippen LogP contribution in [0.25, 0.3) is 0 Å². The van der Waals surface area contributed by atoms with Crippen molar-refractivity contribution in [2.75, 3.05) is 11.9 Å². The van der Waals surface area contributed by atoms with Crippen molar-refractivity contribution in [3.8, 4) is 0 Å². The van der Waals surface area contributed by atoms with Crippen LogP contribution in [0.3, 0.4) is 0 Å². The molecule has 19 heavy (non-hydrogen) atoms. The molecule has 1 aliphatic heterocycles. The monoisotopic (exact) mass is 262 g/mol. The van der Waals surface area contributed by atoms with E-state index in [-0.39, 0.29) is 11.3 Å². The standard InChI is InChI=1S/C14H22N4O/c1-14(2,3)13-16-8-11(9-17-13)18-12(19)7-10-5-4-6-15-10/h8-10,15H,4-7H2,1-3H3,(H,18,19). The molecular weight excluding hydrogens is 240 g/mol. The molecule has 2 heterocycles. The minimum absolute atomic E-state index is 0.0199. The number of nitrogens with zero attached hydrogens (tertiary/aromatic N) is 2. The molecule has 0 saturated carbocycles. The number of rotatable bonds is 3. The fourth-order valence-electron chi connectivity index (χ4n) is 2.15. The maximum atomic E-state index is 11.8. The summed E-state index contributed by atoms with van der Waals surface area (Å²) in [4.78, 5) is 20.4. The zero-order valence-electron chi connectivity index (χ0n) is 11.9. The van der Waals surface area contributed by atoms with Crippen molar-refractivity contribution in [2.24, 2.45) is 0 Å². The molecule has 1 saturated heterocycles. The third-order valence-corrected chi connectivity index (χ3v) is 3.20. The molecule has 2 N–H and O–H groups in total. The minimum atomic E-state index is -0.0731. The Balaban J connectivity index is 1.90. The van der Waals surface area contributed by atoms with E-state index in [1.807, 2.05) is 0 Å². The molecule has 104 valence electrons. The van der Waals surface area contributed by atoms with E-state index in [1.54, 1.807) is 12.4 Å². The predicted octanol–water partition coefficient (Wildman–Crippen LogP) is 1.85. The summed E-state index contributed by atoms with van der Waals surface area (Å²) >= 11 is 0. The highest BCUT2D eigenvalue weighted by Gasteiger charge is 2.19. The first kappa shape index (κ1) is 13.9. The number of hydrogen-bond donors (Lipinski definition) is 2. The molecule has 0 radical (unpaired) electrons.